The zero-order valence-electron chi connectivity index (χ0n) is 17.3. The highest BCUT2D eigenvalue weighted by atomic mass is 16.5. The van der Waals surface area contributed by atoms with Crippen LogP contribution in [-0.2, 0) is 11.8 Å². The van der Waals surface area contributed by atoms with Crippen LogP contribution in [-0.4, -0.2) is 34.4 Å². The Balaban J connectivity index is 1.66. The first kappa shape index (κ1) is 18.4. The van der Waals surface area contributed by atoms with Gasteiger partial charge in [-0.05, 0) is 30.2 Å². The molecule has 0 radical (unpaired) electrons. The number of nitrogens with one attached hydrogen (secondary N) is 1. The topological polar surface area (TPSA) is 70.8 Å². The summed E-state index contributed by atoms with van der Waals surface area (Å²) in [7, 11) is 4.13. The maximum Gasteiger partial charge on any atom is 0.279 e. The number of H-pyrrole nitrogens is 1. The molecule has 30 heavy (non-hydrogen) atoms. The number of aromatic amines is 1. The van der Waals surface area contributed by atoms with Crippen LogP contribution in [0.2, 0.25) is 0 Å². The normalized spacial score (nSPS) is 17.7. The molecule has 1 aliphatic carbocycles. The predicted octanol–water partition coefficient (Wildman–Crippen LogP) is 4.39. The summed E-state index contributed by atoms with van der Waals surface area (Å²) in [4.78, 5) is 6.48. The molecule has 1 unspecified atom stereocenters. The van der Waals surface area contributed by atoms with Crippen molar-refractivity contribution in [3.8, 4) is 11.6 Å². The van der Waals surface area contributed by atoms with E-state index in [2.05, 4.69) is 106 Å². The van der Waals surface area contributed by atoms with Gasteiger partial charge < -0.3 is 9.42 Å². The Kier molecular flexibility index (Phi) is 4.28. The third-order valence-corrected chi connectivity index (χ3v) is 5.77. The second-order valence-corrected chi connectivity index (χ2v) is 7.90. The summed E-state index contributed by atoms with van der Waals surface area (Å²) in [6, 6.07) is 19.3. The molecule has 6 nitrogen and oxygen atoms in total. The number of aryl methyl sites for hydroxylation is 1. The number of anilines is 1. The zero-order chi connectivity index (χ0) is 20.7. The van der Waals surface area contributed by atoms with Gasteiger partial charge in [0, 0.05) is 42.9 Å². The minimum atomic E-state index is -0.297. The maximum absolute atomic E-state index is 5.36. The Morgan fingerprint density at radius 2 is 1.83 bits per heavy atom. The molecule has 0 saturated carbocycles. The third-order valence-electron chi connectivity index (χ3n) is 5.77. The van der Waals surface area contributed by atoms with Crippen molar-refractivity contribution in [1.29, 1.82) is 0 Å². The van der Waals surface area contributed by atoms with Gasteiger partial charge in [-0.3, -0.25) is 5.10 Å². The largest absolute Gasteiger partial charge is 0.378 e. The number of benzene rings is 2. The zero-order valence-corrected chi connectivity index (χ0v) is 17.3. The SMILES string of the molecule is Cc1noc(-c2n[nH]c3c2C=CC(c2ccccc2)(c2cccc(N(C)C)c2)C3)n1. The van der Waals surface area contributed by atoms with Crippen molar-refractivity contribution in [1.82, 2.24) is 20.3 Å². The molecule has 0 spiro atoms. The van der Waals surface area contributed by atoms with Gasteiger partial charge in [-0.2, -0.15) is 10.1 Å². The van der Waals surface area contributed by atoms with Gasteiger partial charge in [-0.25, -0.2) is 0 Å². The lowest BCUT2D eigenvalue weighted by Crippen LogP contribution is -2.30. The van der Waals surface area contributed by atoms with E-state index < -0.39 is 0 Å². The Morgan fingerprint density at radius 3 is 2.57 bits per heavy atom. The summed E-state index contributed by atoms with van der Waals surface area (Å²) >= 11 is 0. The van der Waals surface area contributed by atoms with Crippen LogP contribution in [0.1, 0.15) is 28.2 Å². The molecule has 150 valence electrons. The first-order chi connectivity index (χ1) is 14.6. The van der Waals surface area contributed by atoms with Gasteiger partial charge in [0.15, 0.2) is 11.5 Å². The second-order valence-electron chi connectivity index (χ2n) is 7.90. The van der Waals surface area contributed by atoms with Crippen molar-refractivity contribution in [2.45, 2.75) is 18.8 Å². The van der Waals surface area contributed by atoms with E-state index in [-0.39, 0.29) is 5.41 Å². The second kappa shape index (κ2) is 6.99. The van der Waals surface area contributed by atoms with Crippen LogP contribution in [0.5, 0.6) is 0 Å². The van der Waals surface area contributed by atoms with Gasteiger partial charge in [-0.15, -0.1) is 0 Å². The Hall–Kier alpha value is -3.67. The average Bonchev–Trinajstić information content (AvgIpc) is 3.39. The first-order valence-corrected chi connectivity index (χ1v) is 9.97. The van der Waals surface area contributed by atoms with Crippen molar-refractivity contribution in [2.75, 3.05) is 19.0 Å². The smallest absolute Gasteiger partial charge is 0.279 e. The molecular weight excluding hydrogens is 374 g/mol. The molecule has 6 heteroatoms. The summed E-state index contributed by atoms with van der Waals surface area (Å²) < 4.78 is 5.36. The van der Waals surface area contributed by atoms with Crippen LogP contribution in [0.25, 0.3) is 17.7 Å². The number of nitrogens with zero attached hydrogens (tertiary/aromatic N) is 4. The maximum atomic E-state index is 5.36. The quantitative estimate of drug-likeness (QED) is 0.553. The number of hydrogen-bond acceptors (Lipinski definition) is 5. The Labute approximate surface area is 175 Å². The molecule has 0 bridgehead atoms. The van der Waals surface area contributed by atoms with Crippen LogP contribution >= 0.6 is 0 Å². The lowest BCUT2D eigenvalue weighted by molar-refractivity contribution is 0.424. The number of fused-ring (bicyclic) bond motifs is 1. The number of hydrogen-bond donors (Lipinski definition) is 1. The number of allylic oxidation sites excluding steroid dienone is 1. The summed E-state index contributed by atoms with van der Waals surface area (Å²) in [5, 5.41) is 11.6. The highest BCUT2D eigenvalue weighted by Gasteiger charge is 2.37. The first-order valence-electron chi connectivity index (χ1n) is 9.97. The molecule has 4 aromatic rings. The molecule has 0 saturated heterocycles. The molecule has 1 aliphatic rings. The summed E-state index contributed by atoms with van der Waals surface area (Å²) in [5.41, 5.74) is 6.13. The van der Waals surface area contributed by atoms with Gasteiger partial charge in [-0.1, -0.05) is 59.8 Å². The van der Waals surface area contributed by atoms with E-state index in [9.17, 15) is 0 Å². The third kappa shape index (κ3) is 2.92. The summed E-state index contributed by atoms with van der Waals surface area (Å²) in [6.45, 7) is 1.81. The molecule has 1 N–H and O–H groups in total. The molecule has 1 atom stereocenters. The van der Waals surface area contributed by atoms with Gasteiger partial charge in [0.05, 0.1) is 0 Å². The Bertz CT molecular complexity index is 1220. The van der Waals surface area contributed by atoms with Crippen molar-refractivity contribution in [3.63, 3.8) is 0 Å². The van der Waals surface area contributed by atoms with E-state index in [4.69, 9.17) is 4.52 Å². The molecule has 2 aromatic carbocycles. The van der Waals surface area contributed by atoms with Gasteiger partial charge >= 0.3 is 0 Å². The molecule has 2 aromatic heterocycles. The number of rotatable bonds is 4. The van der Waals surface area contributed by atoms with E-state index in [1.165, 1.54) is 16.8 Å². The van der Waals surface area contributed by atoms with E-state index >= 15 is 0 Å². The van der Waals surface area contributed by atoms with E-state index in [0.717, 1.165) is 17.7 Å². The highest BCUT2D eigenvalue weighted by molar-refractivity contribution is 5.73. The fraction of sp³-hybridized carbons (Fsp3) is 0.208. The molecular formula is C24H23N5O. The predicted molar refractivity (Wildman–Crippen MR) is 117 cm³/mol. The van der Waals surface area contributed by atoms with Crippen LogP contribution in [0.15, 0.2) is 65.2 Å². The average molecular weight is 397 g/mol. The van der Waals surface area contributed by atoms with E-state index in [1.54, 1.807) is 6.92 Å². The van der Waals surface area contributed by atoms with Crippen LogP contribution in [0.4, 0.5) is 5.69 Å². The van der Waals surface area contributed by atoms with Gasteiger partial charge in [0.25, 0.3) is 5.89 Å². The number of aromatic nitrogens is 4. The molecule has 0 fully saturated rings. The van der Waals surface area contributed by atoms with Crippen molar-refractivity contribution in [3.05, 3.63) is 88.9 Å². The van der Waals surface area contributed by atoms with Crippen LogP contribution in [0, 0.1) is 6.92 Å². The summed E-state index contributed by atoms with van der Waals surface area (Å²) in [5.74, 6) is 1.04. The van der Waals surface area contributed by atoms with E-state index in [0.29, 0.717) is 17.4 Å². The minimum absolute atomic E-state index is 0.297. The summed E-state index contributed by atoms with van der Waals surface area (Å²) in [6.07, 6.45) is 5.17. The van der Waals surface area contributed by atoms with Crippen molar-refractivity contribution < 1.29 is 4.52 Å². The molecule has 5 rings (SSSR count). The minimum Gasteiger partial charge on any atom is -0.378 e. The monoisotopic (exact) mass is 397 g/mol. The molecule has 2 heterocycles. The Morgan fingerprint density at radius 1 is 1.03 bits per heavy atom. The lowest BCUT2D eigenvalue weighted by Gasteiger charge is -2.35. The van der Waals surface area contributed by atoms with Crippen LogP contribution < -0.4 is 4.90 Å². The molecule has 0 aliphatic heterocycles. The fourth-order valence-corrected chi connectivity index (χ4v) is 4.18. The fourth-order valence-electron chi connectivity index (χ4n) is 4.18. The lowest BCUT2D eigenvalue weighted by atomic mass is 9.68. The van der Waals surface area contributed by atoms with Gasteiger partial charge in [0.2, 0.25) is 0 Å². The van der Waals surface area contributed by atoms with Crippen molar-refractivity contribution in [2.24, 2.45) is 0 Å². The van der Waals surface area contributed by atoms with Crippen LogP contribution in [0.3, 0.4) is 0 Å². The molecule has 0 amide bonds. The van der Waals surface area contributed by atoms with Crippen molar-refractivity contribution >= 4 is 11.8 Å². The van der Waals surface area contributed by atoms with Gasteiger partial charge in [0.1, 0.15) is 0 Å². The van der Waals surface area contributed by atoms with E-state index in [1.807, 2.05) is 0 Å². The highest BCUT2D eigenvalue weighted by Crippen LogP contribution is 2.43. The standard InChI is InChI=1S/C24H23N5O/c1-16-25-23(30-28-16)22-20-12-13-24(15-21(20)26-27-22,17-8-5-4-6-9-17)18-10-7-11-19(14-18)29(2)3/h4-14H,15H2,1-3H3,(H,26,27).